The van der Waals surface area contributed by atoms with E-state index in [1.807, 2.05) is 19.2 Å². The van der Waals surface area contributed by atoms with E-state index in [0.29, 0.717) is 34.3 Å². The zero-order valence-electron chi connectivity index (χ0n) is 16.9. The highest BCUT2D eigenvalue weighted by Gasteiger charge is 2.23. The predicted octanol–water partition coefficient (Wildman–Crippen LogP) is 5.08. The standard InChI is InChI=1S/C22H24ClFN4O2/c1-25-13-6-8-14(9-7-13)30-20-10-15-18(11-19(20)29-2)26-12-27-22(15)28-17-5-3-4-16(23)21(17)24/h3-5,10-14,25H,6-9H2,1-2H3,(H,26,27,28)/t13-,14-. The Labute approximate surface area is 179 Å². The number of hydrogen-bond donors (Lipinski definition) is 2. The zero-order valence-corrected chi connectivity index (χ0v) is 17.7. The summed E-state index contributed by atoms with van der Waals surface area (Å²) in [5.41, 5.74) is 0.907. The van der Waals surface area contributed by atoms with Crippen LogP contribution in [-0.4, -0.2) is 36.3 Å². The molecule has 1 saturated carbocycles. The molecule has 1 fully saturated rings. The van der Waals surface area contributed by atoms with E-state index in [1.165, 1.54) is 12.4 Å². The second kappa shape index (κ2) is 9.02. The number of aromatic nitrogens is 2. The summed E-state index contributed by atoms with van der Waals surface area (Å²) in [5, 5.41) is 7.10. The first-order valence-corrected chi connectivity index (χ1v) is 10.3. The zero-order chi connectivity index (χ0) is 21.1. The van der Waals surface area contributed by atoms with Crippen molar-refractivity contribution in [2.75, 3.05) is 19.5 Å². The van der Waals surface area contributed by atoms with Gasteiger partial charge in [0.2, 0.25) is 0 Å². The minimum Gasteiger partial charge on any atom is -0.493 e. The molecule has 1 aliphatic rings. The van der Waals surface area contributed by atoms with Crippen LogP contribution in [0.15, 0.2) is 36.7 Å². The number of halogens is 2. The Hall–Kier alpha value is -2.64. The second-order valence-corrected chi connectivity index (χ2v) is 7.76. The smallest absolute Gasteiger partial charge is 0.165 e. The van der Waals surface area contributed by atoms with Crippen LogP contribution < -0.4 is 20.1 Å². The fourth-order valence-electron chi connectivity index (χ4n) is 3.79. The summed E-state index contributed by atoms with van der Waals surface area (Å²) in [5.74, 6) is 1.17. The first kappa shape index (κ1) is 20.6. The van der Waals surface area contributed by atoms with E-state index in [1.54, 1.807) is 19.2 Å². The molecule has 158 valence electrons. The van der Waals surface area contributed by atoms with Crippen molar-refractivity contribution in [3.63, 3.8) is 0 Å². The van der Waals surface area contributed by atoms with Gasteiger partial charge in [0, 0.05) is 17.5 Å². The van der Waals surface area contributed by atoms with Crippen molar-refractivity contribution in [2.24, 2.45) is 0 Å². The molecular formula is C22H24ClFN4O2. The van der Waals surface area contributed by atoms with Gasteiger partial charge in [0.1, 0.15) is 12.1 Å². The topological polar surface area (TPSA) is 68.3 Å². The van der Waals surface area contributed by atoms with E-state index >= 15 is 0 Å². The van der Waals surface area contributed by atoms with E-state index in [9.17, 15) is 4.39 Å². The molecule has 4 rings (SSSR count). The summed E-state index contributed by atoms with van der Waals surface area (Å²) in [4.78, 5) is 8.63. The molecule has 30 heavy (non-hydrogen) atoms. The third-order valence-corrected chi connectivity index (χ3v) is 5.79. The lowest BCUT2D eigenvalue weighted by atomic mass is 9.93. The Bertz CT molecular complexity index is 1040. The lowest BCUT2D eigenvalue weighted by Crippen LogP contribution is -2.34. The van der Waals surface area contributed by atoms with Crippen molar-refractivity contribution < 1.29 is 13.9 Å². The summed E-state index contributed by atoms with van der Waals surface area (Å²) < 4.78 is 26.2. The highest BCUT2D eigenvalue weighted by Crippen LogP contribution is 2.37. The minimum atomic E-state index is -0.530. The first-order chi connectivity index (χ1) is 14.6. The van der Waals surface area contributed by atoms with E-state index in [0.717, 1.165) is 25.7 Å². The van der Waals surface area contributed by atoms with Crippen LogP contribution in [0.3, 0.4) is 0 Å². The van der Waals surface area contributed by atoms with Gasteiger partial charge in [-0.05, 0) is 50.9 Å². The maximum atomic E-state index is 14.4. The molecule has 0 saturated heterocycles. The molecule has 1 aliphatic carbocycles. The monoisotopic (exact) mass is 430 g/mol. The largest absolute Gasteiger partial charge is 0.493 e. The fourth-order valence-corrected chi connectivity index (χ4v) is 3.97. The molecule has 0 bridgehead atoms. The molecule has 3 aromatic rings. The van der Waals surface area contributed by atoms with Gasteiger partial charge in [0.25, 0.3) is 0 Å². The van der Waals surface area contributed by atoms with E-state index in [4.69, 9.17) is 21.1 Å². The van der Waals surface area contributed by atoms with Crippen LogP contribution in [-0.2, 0) is 0 Å². The fraction of sp³-hybridized carbons (Fsp3) is 0.364. The van der Waals surface area contributed by atoms with Gasteiger partial charge in [-0.15, -0.1) is 0 Å². The van der Waals surface area contributed by atoms with Gasteiger partial charge in [-0.1, -0.05) is 17.7 Å². The number of anilines is 2. The Morgan fingerprint density at radius 1 is 1.10 bits per heavy atom. The molecule has 8 heteroatoms. The van der Waals surface area contributed by atoms with Crippen molar-refractivity contribution >= 4 is 34.0 Å². The maximum absolute atomic E-state index is 14.4. The van der Waals surface area contributed by atoms with Crippen molar-refractivity contribution in [1.82, 2.24) is 15.3 Å². The van der Waals surface area contributed by atoms with Gasteiger partial charge in [0.15, 0.2) is 17.3 Å². The molecule has 0 unspecified atom stereocenters. The number of hydrogen-bond acceptors (Lipinski definition) is 6. The SMILES string of the molecule is CN[C@H]1CC[C@H](Oc2cc3c(Nc4cccc(Cl)c4F)ncnc3cc2OC)CC1. The average molecular weight is 431 g/mol. The molecule has 0 atom stereocenters. The van der Waals surface area contributed by atoms with Crippen LogP contribution >= 0.6 is 11.6 Å². The Morgan fingerprint density at radius 3 is 2.63 bits per heavy atom. The average Bonchev–Trinajstić information content (AvgIpc) is 2.77. The van der Waals surface area contributed by atoms with Gasteiger partial charge in [-0.2, -0.15) is 0 Å². The van der Waals surface area contributed by atoms with Crippen LogP contribution in [0.4, 0.5) is 15.9 Å². The van der Waals surface area contributed by atoms with Crippen LogP contribution in [0.1, 0.15) is 25.7 Å². The van der Waals surface area contributed by atoms with Crippen LogP contribution in [0.2, 0.25) is 5.02 Å². The number of ether oxygens (including phenoxy) is 2. The normalized spacial score (nSPS) is 18.9. The number of nitrogens with one attached hydrogen (secondary N) is 2. The highest BCUT2D eigenvalue weighted by molar-refractivity contribution is 6.31. The molecular weight excluding hydrogens is 407 g/mol. The molecule has 2 aromatic carbocycles. The molecule has 0 amide bonds. The third-order valence-electron chi connectivity index (χ3n) is 5.50. The van der Waals surface area contributed by atoms with Crippen molar-refractivity contribution in [2.45, 2.75) is 37.8 Å². The Morgan fingerprint density at radius 2 is 1.90 bits per heavy atom. The molecule has 0 radical (unpaired) electrons. The van der Waals surface area contributed by atoms with E-state index in [2.05, 4.69) is 20.6 Å². The van der Waals surface area contributed by atoms with Gasteiger partial charge in [0.05, 0.1) is 29.4 Å². The second-order valence-electron chi connectivity index (χ2n) is 7.35. The van der Waals surface area contributed by atoms with Gasteiger partial charge >= 0.3 is 0 Å². The van der Waals surface area contributed by atoms with Crippen LogP contribution in [0.25, 0.3) is 10.9 Å². The molecule has 2 N–H and O–H groups in total. The quantitative estimate of drug-likeness (QED) is 0.568. The van der Waals surface area contributed by atoms with Gasteiger partial charge in [-0.3, -0.25) is 0 Å². The van der Waals surface area contributed by atoms with Crippen molar-refractivity contribution in [3.8, 4) is 11.5 Å². The molecule has 1 aromatic heterocycles. The van der Waals surface area contributed by atoms with E-state index < -0.39 is 5.82 Å². The molecule has 0 spiro atoms. The van der Waals surface area contributed by atoms with Gasteiger partial charge < -0.3 is 20.1 Å². The summed E-state index contributed by atoms with van der Waals surface area (Å²) in [6.45, 7) is 0. The lowest BCUT2D eigenvalue weighted by molar-refractivity contribution is 0.137. The summed E-state index contributed by atoms with van der Waals surface area (Å²) >= 11 is 5.90. The minimum absolute atomic E-state index is 0.0428. The lowest BCUT2D eigenvalue weighted by Gasteiger charge is -2.29. The maximum Gasteiger partial charge on any atom is 0.165 e. The number of rotatable bonds is 6. The predicted molar refractivity (Wildman–Crippen MR) is 117 cm³/mol. The van der Waals surface area contributed by atoms with Crippen molar-refractivity contribution in [3.05, 3.63) is 47.5 Å². The number of nitrogens with zero attached hydrogens (tertiary/aromatic N) is 2. The number of methoxy groups -OCH3 is 1. The highest BCUT2D eigenvalue weighted by atomic mass is 35.5. The van der Waals surface area contributed by atoms with Crippen LogP contribution in [0.5, 0.6) is 11.5 Å². The van der Waals surface area contributed by atoms with Crippen molar-refractivity contribution in [1.29, 1.82) is 0 Å². The number of benzene rings is 2. The molecule has 0 aliphatic heterocycles. The van der Waals surface area contributed by atoms with Crippen LogP contribution in [0, 0.1) is 5.82 Å². The first-order valence-electron chi connectivity index (χ1n) is 9.96. The summed E-state index contributed by atoms with van der Waals surface area (Å²) in [6.07, 6.45) is 5.62. The third kappa shape index (κ3) is 4.27. The molecule has 1 heterocycles. The van der Waals surface area contributed by atoms with E-state index in [-0.39, 0.29) is 16.8 Å². The Balaban J connectivity index is 1.66. The molecule has 6 nitrogen and oxygen atoms in total. The van der Waals surface area contributed by atoms with Gasteiger partial charge in [-0.25, -0.2) is 14.4 Å². The Kier molecular flexibility index (Phi) is 6.20. The number of fused-ring (bicyclic) bond motifs is 1. The summed E-state index contributed by atoms with van der Waals surface area (Å²) in [7, 11) is 3.60. The summed E-state index contributed by atoms with van der Waals surface area (Å²) in [6, 6.07) is 8.99.